The summed E-state index contributed by atoms with van der Waals surface area (Å²) in [6.07, 6.45) is 5.73. The number of nitrogens with two attached hydrogens (primary N) is 1. The second-order valence-corrected chi connectivity index (χ2v) is 9.34. The lowest BCUT2D eigenvalue weighted by atomic mass is 10.0. The molecular weight excluding hydrogens is 444 g/mol. The van der Waals surface area contributed by atoms with Crippen LogP contribution in [0.25, 0.3) is 38.9 Å². The molecule has 2 N–H and O–H groups in total. The molecule has 36 heavy (non-hydrogen) atoms. The zero-order valence-corrected chi connectivity index (χ0v) is 21.4. The normalized spacial score (nSPS) is 12.6. The number of nitrogens with zero attached hydrogens (tertiary/aromatic N) is 5. The van der Waals surface area contributed by atoms with Gasteiger partial charge in [-0.25, -0.2) is 15.0 Å². The molecule has 184 valence electrons. The third-order valence-electron chi connectivity index (χ3n) is 7.15. The molecule has 0 aliphatic carbocycles. The van der Waals surface area contributed by atoms with Crippen molar-refractivity contribution < 1.29 is 0 Å². The quantitative estimate of drug-likeness (QED) is 0.277. The fourth-order valence-corrected chi connectivity index (χ4v) is 4.95. The predicted molar refractivity (Wildman–Crippen MR) is 149 cm³/mol. The average molecular weight is 479 g/mol. The molecule has 6 heteroatoms. The number of hydrogen-bond donors (Lipinski definition) is 1. The summed E-state index contributed by atoms with van der Waals surface area (Å²) < 4.78 is 2.13. The molecular formula is C30H34N6. The maximum atomic E-state index is 6.41. The summed E-state index contributed by atoms with van der Waals surface area (Å²) in [5.74, 6) is 2.04. The van der Waals surface area contributed by atoms with Crippen LogP contribution in [0.2, 0.25) is 0 Å². The van der Waals surface area contributed by atoms with Crippen LogP contribution in [0, 0.1) is 5.92 Å². The van der Waals surface area contributed by atoms with Gasteiger partial charge in [0.2, 0.25) is 0 Å². The van der Waals surface area contributed by atoms with Crippen molar-refractivity contribution in [2.45, 2.75) is 33.6 Å². The van der Waals surface area contributed by atoms with Gasteiger partial charge in [-0.05, 0) is 31.1 Å². The Kier molecular flexibility index (Phi) is 6.96. The van der Waals surface area contributed by atoms with E-state index in [1.165, 1.54) is 0 Å². The zero-order valence-electron chi connectivity index (χ0n) is 21.4. The highest BCUT2D eigenvalue weighted by atomic mass is 15.1. The Bertz CT molecular complexity index is 1470. The molecule has 0 fully saturated rings. The number of hydrogen-bond acceptors (Lipinski definition) is 5. The van der Waals surface area contributed by atoms with Crippen LogP contribution in [-0.4, -0.2) is 43.9 Å². The highest BCUT2D eigenvalue weighted by Gasteiger charge is 2.20. The second-order valence-electron chi connectivity index (χ2n) is 9.34. The van der Waals surface area contributed by atoms with Gasteiger partial charge < -0.3 is 10.6 Å². The van der Waals surface area contributed by atoms with Crippen LogP contribution in [0.3, 0.4) is 0 Å². The van der Waals surface area contributed by atoms with Crippen LogP contribution in [-0.2, 0) is 6.42 Å². The summed E-state index contributed by atoms with van der Waals surface area (Å²) in [5.41, 5.74) is 12.1. The lowest BCUT2D eigenvalue weighted by molar-refractivity contribution is 0.245. The number of aromatic nitrogens is 4. The smallest absolute Gasteiger partial charge is 0.150 e. The number of pyridine rings is 1. The monoisotopic (exact) mass is 478 g/mol. The number of fused-ring (bicyclic) bond motifs is 2. The van der Waals surface area contributed by atoms with Gasteiger partial charge in [0.05, 0.1) is 11.2 Å². The van der Waals surface area contributed by atoms with E-state index in [9.17, 15) is 0 Å². The van der Waals surface area contributed by atoms with Crippen molar-refractivity contribution in [1.29, 1.82) is 0 Å². The molecule has 3 heterocycles. The molecule has 0 saturated heterocycles. The molecule has 0 spiro atoms. The van der Waals surface area contributed by atoms with Crippen molar-refractivity contribution in [2.75, 3.05) is 25.4 Å². The van der Waals surface area contributed by atoms with Crippen LogP contribution in [0.1, 0.15) is 33.0 Å². The van der Waals surface area contributed by atoms with Gasteiger partial charge in [0.15, 0.2) is 0 Å². The van der Waals surface area contributed by atoms with Crippen molar-refractivity contribution in [3.05, 3.63) is 78.9 Å². The molecule has 1 atom stereocenters. The van der Waals surface area contributed by atoms with E-state index in [-0.39, 0.29) is 0 Å². The van der Waals surface area contributed by atoms with Gasteiger partial charge >= 0.3 is 0 Å². The summed E-state index contributed by atoms with van der Waals surface area (Å²) >= 11 is 0. The third kappa shape index (κ3) is 4.69. The Morgan fingerprint density at radius 3 is 2.44 bits per heavy atom. The molecule has 0 aliphatic rings. The predicted octanol–water partition coefficient (Wildman–Crippen LogP) is 6.10. The minimum absolute atomic E-state index is 0.495. The standard InChI is InChI=1S/C30H34N6/c1-4-21(20-35(5-2)6-3)18-27-34-28(29-30(31)32-16-17-36(27)29)24-13-12-23-14-15-25(33-26(23)19-24)22-10-8-7-9-11-22/h7-17,19,21H,4-6,18,20H2,1-3H3,(H2,31,32)/t21-/m0/s1. The molecule has 0 bridgehead atoms. The van der Waals surface area contributed by atoms with E-state index < -0.39 is 0 Å². The number of imidazole rings is 1. The first-order chi connectivity index (χ1) is 17.6. The Balaban J connectivity index is 1.57. The summed E-state index contributed by atoms with van der Waals surface area (Å²) in [4.78, 5) is 17.0. The SMILES string of the molecule is CC[C@@H](Cc1nc(-c2ccc3ccc(-c4ccccc4)nc3c2)c2c(N)nccn12)CN(CC)CC. The minimum atomic E-state index is 0.495. The van der Waals surface area contributed by atoms with Crippen LogP contribution < -0.4 is 5.73 Å². The minimum Gasteiger partial charge on any atom is -0.382 e. The molecule has 0 amide bonds. The number of benzene rings is 2. The van der Waals surface area contributed by atoms with Crippen molar-refractivity contribution in [3.8, 4) is 22.5 Å². The van der Waals surface area contributed by atoms with E-state index in [0.29, 0.717) is 11.7 Å². The molecule has 0 aliphatic heterocycles. The van der Waals surface area contributed by atoms with Crippen molar-refractivity contribution in [3.63, 3.8) is 0 Å². The van der Waals surface area contributed by atoms with Crippen LogP contribution in [0.5, 0.6) is 0 Å². The van der Waals surface area contributed by atoms with Gasteiger partial charge in [0, 0.05) is 41.9 Å². The Hall–Kier alpha value is -3.77. The van der Waals surface area contributed by atoms with E-state index >= 15 is 0 Å². The molecule has 6 nitrogen and oxygen atoms in total. The Labute approximate surface area is 212 Å². The highest BCUT2D eigenvalue weighted by Crippen LogP contribution is 2.31. The molecule has 5 rings (SSSR count). The van der Waals surface area contributed by atoms with Crippen LogP contribution in [0.4, 0.5) is 5.82 Å². The van der Waals surface area contributed by atoms with E-state index in [1.54, 1.807) is 6.20 Å². The maximum Gasteiger partial charge on any atom is 0.150 e. The van der Waals surface area contributed by atoms with Crippen molar-refractivity contribution in [2.24, 2.45) is 5.92 Å². The average Bonchev–Trinajstić information content (AvgIpc) is 3.30. The highest BCUT2D eigenvalue weighted by molar-refractivity contribution is 5.91. The first-order valence-corrected chi connectivity index (χ1v) is 12.9. The van der Waals surface area contributed by atoms with Crippen molar-refractivity contribution >= 4 is 22.2 Å². The first kappa shape index (κ1) is 23.9. The van der Waals surface area contributed by atoms with E-state index in [2.05, 4.69) is 77.5 Å². The fraction of sp³-hybridized carbons (Fsp3) is 0.300. The molecule has 2 aromatic carbocycles. The van der Waals surface area contributed by atoms with Gasteiger partial charge in [-0.15, -0.1) is 0 Å². The van der Waals surface area contributed by atoms with Crippen LogP contribution >= 0.6 is 0 Å². The van der Waals surface area contributed by atoms with Gasteiger partial charge in [-0.3, -0.25) is 4.40 Å². The number of nitrogen functional groups attached to an aromatic ring is 1. The maximum absolute atomic E-state index is 6.41. The van der Waals surface area contributed by atoms with E-state index in [0.717, 1.165) is 77.2 Å². The van der Waals surface area contributed by atoms with Gasteiger partial charge in [-0.1, -0.05) is 75.7 Å². The molecule has 0 radical (unpaired) electrons. The lowest BCUT2D eigenvalue weighted by Gasteiger charge is -2.24. The summed E-state index contributed by atoms with van der Waals surface area (Å²) in [5, 5.41) is 1.10. The summed E-state index contributed by atoms with van der Waals surface area (Å²) in [6.45, 7) is 9.90. The van der Waals surface area contributed by atoms with Gasteiger partial charge in [0.25, 0.3) is 0 Å². The van der Waals surface area contributed by atoms with E-state index in [4.69, 9.17) is 15.7 Å². The third-order valence-corrected chi connectivity index (χ3v) is 7.15. The number of rotatable bonds is 9. The van der Waals surface area contributed by atoms with Crippen LogP contribution in [0.15, 0.2) is 73.1 Å². The van der Waals surface area contributed by atoms with E-state index in [1.807, 2.05) is 24.4 Å². The molecule has 3 aromatic heterocycles. The molecule has 0 saturated carbocycles. The Morgan fingerprint density at radius 2 is 1.69 bits per heavy atom. The second kappa shape index (κ2) is 10.5. The lowest BCUT2D eigenvalue weighted by Crippen LogP contribution is -2.30. The topological polar surface area (TPSA) is 72.3 Å². The first-order valence-electron chi connectivity index (χ1n) is 12.9. The Morgan fingerprint density at radius 1 is 0.917 bits per heavy atom. The largest absolute Gasteiger partial charge is 0.382 e. The molecule has 5 aromatic rings. The summed E-state index contributed by atoms with van der Waals surface area (Å²) in [6, 6.07) is 20.8. The van der Waals surface area contributed by atoms with Gasteiger partial charge in [-0.2, -0.15) is 0 Å². The molecule has 0 unspecified atom stereocenters. The zero-order chi connectivity index (χ0) is 25.1. The van der Waals surface area contributed by atoms with Crippen molar-refractivity contribution in [1.82, 2.24) is 24.3 Å². The summed E-state index contributed by atoms with van der Waals surface area (Å²) in [7, 11) is 0. The number of anilines is 1. The fourth-order valence-electron chi connectivity index (χ4n) is 4.95. The van der Waals surface area contributed by atoms with Gasteiger partial charge in [0.1, 0.15) is 22.9 Å².